The van der Waals surface area contributed by atoms with Crippen molar-refractivity contribution >= 4 is 0 Å². The van der Waals surface area contributed by atoms with E-state index in [1.54, 1.807) is 0 Å². The molecular weight excluding hydrogens is 246 g/mol. The molecule has 2 atom stereocenters. The van der Waals surface area contributed by atoms with Crippen molar-refractivity contribution in [3.8, 4) is 0 Å². The van der Waals surface area contributed by atoms with E-state index in [1.807, 2.05) is 0 Å². The van der Waals surface area contributed by atoms with Crippen LogP contribution < -0.4 is 5.32 Å². The van der Waals surface area contributed by atoms with Gasteiger partial charge in [-0.1, -0.05) is 33.1 Å². The maximum Gasteiger partial charge on any atom is 0.0223 e. The molecule has 0 radical (unpaired) electrons. The molecule has 0 aromatic heterocycles. The molecule has 120 valence electrons. The Hall–Kier alpha value is -0.120. The summed E-state index contributed by atoms with van der Waals surface area (Å²) in [5.74, 6) is 0. The van der Waals surface area contributed by atoms with E-state index >= 15 is 0 Å². The second-order valence-corrected chi connectivity index (χ2v) is 6.54. The number of hydrogen-bond acceptors (Lipinski definition) is 3. The van der Waals surface area contributed by atoms with Crippen molar-refractivity contribution in [2.45, 2.75) is 71.4 Å². The standard InChI is InChI=1S/C17H37N3/c1-5-7-8-10-16(3)18-12-14-19(4)15-17-11-9-13-20(17)6-2/h16-18H,5-15H2,1-4H3. The van der Waals surface area contributed by atoms with E-state index in [0.29, 0.717) is 6.04 Å². The van der Waals surface area contributed by atoms with Crippen LogP contribution in [-0.2, 0) is 0 Å². The highest BCUT2D eigenvalue weighted by Gasteiger charge is 2.23. The summed E-state index contributed by atoms with van der Waals surface area (Å²) in [6, 6.07) is 1.47. The van der Waals surface area contributed by atoms with Gasteiger partial charge in [-0.3, -0.25) is 4.90 Å². The Bertz CT molecular complexity index is 232. The highest BCUT2D eigenvalue weighted by atomic mass is 15.2. The van der Waals surface area contributed by atoms with Gasteiger partial charge in [0.25, 0.3) is 0 Å². The third kappa shape index (κ3) is 7.05. The molecule has 1 rings (SSSR count). The largest absolute Gasteiger partial charge is 0.313 e. The first-order valence-corrected chi connectivity index (χ1v) is 8.83. The van der Waals surface area contributed by atoms with Gasteiger partial charge in [-0.05, 0) is 46.3 Å². The second-order valence-electron chi connectivity index (χ2n) is 6.54. The van der Waals surface area contributed by atoms with E-state index in [1.165, 1.54) is 64.7 Å². The molecule has 1 heterocycles. The van der Waals surface area contributed by atoms with Gasteiger partial charge in [-0.25, -0.2) is 0 Å². The first-order valence-electron chi connectivity index (χ1n) is 8.83. The zero-order valence-corrected chi connectivity index (χ0v) is 14.3. The summed E-state index contributed by atoms with van der Waals surface area (Å²) in [5.41, 5.74) is 0. The molecule has 1 saturated heterocycles. The van der Waals surface area contributed by atoms with E-state index < -0.39 is 0 Å². The summed E-state index contributed by atoms with van der Waals surface area (Å²) in [7, 11) is 2.27. The molecule has 0 amide bonds. The van der Waals surface area contributed by atoms with Gasteiger partial charge in [0.15, 0.2) is 0 Å². The number of nitrogens with zero attached hydrogens (tertiary/aromatic N) is 2. The van der Waals surface area contributed by atoms with E-state index in [-0.39, 0.29) is 0 Å². The van der Waals surface area contributed by atoms with Crippen molar-refractivity contribution in [1.82, 2.24) is 15.1 Å². The maximum atomic E-state index is 3.67. The number of rotatable bonds is 11. The van der Waals surface area contributed by atoms with E-state index in [9.17, 15) is 0 Å². The van der Waals surface area contributed by atoms with Gasteiger partial charge in [0.1, 0.15) is 0 Å². The summed E-state index contributed by atoms with van der Waals surface area (Å²) in [5, 5.41) is 3.67. The fourth-order valence-corrected chi connectivity index (χ4v) is 3.27. The summed E-state index contributed by atoms with van der Waals surface area (Å²) < 4.78 is 0. The number of hydrogen-bond donors (Lipinski definition) is 1. The van der Waals surface area contributed by atoms with Crippen LogP contribution in [-0.4, -0.2) is 61.7 Å². The summed E-state index contributed by atoms with van der Waals surface area (Å²) in [6.45, 7) is 12.9. The van der Waals surface area contributed by atoms with Gasteiger partial charge in [0, 0.05) is 31.7 Å². The van der Waals surface area contributed by atoms with Crippen molar-refractivity contribution in [1.29, 1.82) is 0 Å². The predicted molar refractivity (Wildman–Crippen MR) is 89.4 cm³/mol. The Labute approximate surface area is 127 Å². The maximum absolute atomic E-state index is 3.67. The molecule has 1 N–H and O–H groups in total. The molecule has 0 bridgehead atoms. The van der Waals surface area contributed by atoms with Gasteiger partial charge < -0.3 is 10.2 Å². The summed E-state index contributed by atoms with van der Waals surface area (Å²) in [6.07, 6.45) is 8.17. The van der Waals surface area contributed by atoms with Crippen LogP contribution in [0.2, 0.25) is 0 Å². The molecule has 1 fully saturated rings. The van der Waals surface area contributed by atoms with Crippen LogP contribution >= 0.6 is 0 Å². The first kappa shape index (κ1) is 17.9. The second kappa shape index (κ2) is 10.6. The quantitative estimate of drug-likeness (QED) is 0.588. The first-order chi connectivity index (χ1) is 9.67. The Kier molecular flexibility index (Phi) is 9.49. The lowest BCUT2D eigenvalue weighted by Gasteiger charge is -2.28. The van der Waals surface area contributed by atoms with Crippen LogP contribution in [0.3, 0.4) is 0 Å². The number of likely N-dealkylation sites (N-methyl/N-ethyl adjacent to an activating group) is 2. The highest BCUT2D eigenvalue weighted by Crippen LogP contribution is 2.16. The molecule has 1 aliphatic heterocycles. The normalized spacial score (nSPS) is 21.8. The predicted octanol–water partition coefficient (Wildman–Crippen LogP) is 2.96. The molecular formula is C17H37N3. The van der Waals surface area contributed by atoms with E-state index in [2.05, 4.69) is 42.9 Å². The lowest BCUT2D eigenvalue weighted by atomic mass is 10.1. The number of unbranched alkanes of at least 4 members (excludes halogenated alkanes) is 2. The lowest BCUT2D eigenvalue weighted by Crippen LogP contribution is -2.41. The smallest absolute Gasteiger partial charge is 0.0223 e. The molecule has 3 heteroatoms. The van der Waals surface area contributed by atoms with Crippen LogP contribution in [0.5, 0.6) is 0 Å². The van der Waals surface area contributed by atoms with Crippen LogP contribution in [0.4, 0.5) is 0 Å². The zero-order chi connectivity index (χ0) is 14.8. The van der Waals surface area contributed by atoms with E-state index in [4.69, 9.17) is 0 Å². The summed E-state index contributed by atoms with van der Waals surface area (Å²) >= 11 is 0. The lowest BCUT2D eigenvalue weighted by molar-refractivity contribution is 0.198. The molecule has 3 nitrogen and oxygen atoms in total. The number of nitrogens with one attached hydrogen (secondary N) is 1. The zero-order valence-electron chi connectivity index (χ0n) is 14.3. The SMILES string of the molecule is CCCCCC(C)NCCN(C)CC1CCCN1CC. The van der Waals surface area contributed by atoms with Crippen LogP contribution in [0.15, 0.2) is 0 Å². The summed E-state index contributed by atoms with van der Waals surface area (Å²) in [4.78, 5) is 5.14. The third-order valence-corrected chi connectivity index (χ3v) is 4.65. The monoisotopic (exact) mass is 283 g/mol. The Balaban J connectivity index is 2.06. The van der Waals surface area contributed by atoms with Crippen molar-refractivity contribution in [3.05, 3.63) is 0 Å². The Morgan fingerprint density at radius 3 is 2.80 bits per heavy atom. The van der Waals surface area contributed by atoms with E-state index in [0.717, 1.165) is 12.6 Å². The van der Waals surface area contributed by atoms with Crippen molar-refractivity contribution in [2.75, 3.05) is 39.8 Å². The van der Waals surface area contributed by atoms with Crippen molar-refractivity contribution in [2.24, 2.45) is 0 Å². The van der Waals surface area contributed by atoms with Crippen molar-refractivity contribution in [3.63, 3.8) is 0 Å². The third-order valence-electron chi connectivity index (χ3n) is 4.65. The van der Waals surface area contributed by atoms with Gasteiger partial charge in [-0.2, -0.15) is 0 Å². The minimum atomic E-state index is 0.675. The fourth-order valence-electron chi connectivity index (χ4n) is 3.27. The average Bonchev–Trinajstić information content (AvgIpc) is 2.86. The van der Waals surface area contributed by atoms with Crippen LogP contribution in [0, 0.1) is 0 Å². The van der Waals surface area contributed by atoms with Gasteiger partial charge >= 0.3 is 0 Å². The molecule has 20 heavy (non-hydrogen) atoms. The highest BCUT2D eigenvalue weighted by molar-refractivity contribution is 4.80. The molecule has 0 spiro atoms. The molecule has 0 aliphatic carbocycles. The Morgan fingerprint density at radius 2 is 2.10 bits per heavy atom. The molecule has 2 unspecified atom stereocenters. The Morgan fingerprint density at radius 1 is 1.30 bits per heavy atom. The van der Waals surface area contributed by atoms with Crippen molar-refractivity contribution < 1.29 is 0 Å². The molecule has 1 aliphatic rings. The fraction of sp³-hybridized carbons (Fsp3) is 1.00. The molecule has 0 saturated carbocycles. The topological polar surface area (TPSA) is 18.5 Å². The minimum absolute atomic E-state index is 0.675. The molecule has 0 aromatic carbocycles. The van der Waals surface area contributed by atoms with Gasteiger partial charge in [-0.15, -0.1) is 0 Å². The van der Waals surface area contributed by atoms with Crippen LogP contribution in [0.25, 0.3) is 0 Å². The number of likely N-dealkylation sites (tertiary alicyclic amines) is 1. The van der Waals surface area contributed by atoms with Gasteiger partial charge in [0.05, 0.1) is 0 Å². The average molecular weight is 284 g/mol. The van der Waals surface area contributed by atoms with Crippen LogP contribution in [0.1, 0.15) is 59.3 Å². The minimum Gasteiger partial charge on any atom is -0.313 e. The molecule has 0 aromatic rings. The van der Waals surface area contributed by atoms with Gasteiger partial charge in [0.2, 0.25) is 0 Å².